The second-order valence-electron chi connectivity index (χ2n) is 11.8. The number of anilines is 1. The summed E-state index contributed by atoms with van der Waals surface area (Å²) in [7, 11) is 6.89. The Bertz CT molecular complexity index is 1340. The zero-order chi connectivity index (χ0) is 28.6. The first kappa shape index (κ1) is 27.2. The molecule has 1 aromatic rings. The van der Waals surface area contributed by atoms with Crippen molar-refractivity contribution in [3.63, 3.8) is 0 Å². The lowest BCUT2D eigenvalue weighted by molar-refractivity contribution is -0.157. The summed E-state index contributed by atoms with van der Waals surface area (Å²) in [5.74, 6) is -5.91. The van der Waals surface area contributed by atoms with Crippen LogP contribution in [-0.2, 0) is 20.8 Å². The molecule has 1 saturated heterocycles. The molecule has 11 heteroatoms. The Hall–Kier alpha value is -3.41. The second kappa shape index (κ2) is 9.07. The standard InChI is InChI=1S/C28H36N4O7/c1-30(2)16-7-8-17(33)18-14(16)11-27(13-32-9-5-6-10-32)12-15-21(31(3)4)23(35)19(26(29)38)24(36)28(15,39)25(37)20(27)22(18)34/h7-8,15,21,33-34,36,39H,5-6,9-13H2,1-4H3,(H2,29,38)/t15-,21-,27-,28+/m0/s1. The van der Waals surface area contributed by atoms with Crippen LogP contribution in [0.3, 0.4) is 0 Å². The maximum absolute atomic E-state index is 14.4. The van der Waals surface area contributed by atoms with Gasteiger partial charge in [-0.15, -0.1) is 0 Å². The molecule has 210 valence electrons. The number of aliphatic hydroxyl groups excluding tert-OH is 2. The monoisotopic (exact) mass is 540 g/mol. The molecule has 5 rings (SSSR count). The molecule has 4 atom stereocenters. The molecule has 0 radical (unpaired) electrons. The van der Waals surface area contributed by atoms with E-state index in [1.165, 1.54) is 11.0 Å². The lowest BCUT2D eigenvalue weighted by Crippen LogP contribution is -2.68. The number of ketones is 2. The summed E-state index contributed by atoms with van der Waals surface area (Å²) in [4.78, 5) is 45.8. The number of phenols is 1. The van der Waals surface area contributed by atoms with Gasteiger partial charge in [-0.05, 0) is 70.6 Å². The van der Waals surface area contributed by atoms with Crippen molar-refractivity contribution in [3.05, 3.63) is 40.2 Å². The summed E-state index contributed by atoms with van der Waals surface area (Å²) in [6, 6.07) is 2.06. The normalized spacial score (nSPS) is 30.9. The number of amides is 1. The molecule has 1 aromatic carbocycles. The molecule has 2 fully saturated rings. The van der Waals surface area contributed by atoms with E-state index in [0.717, 1.165) is 31.6 Å². The number of likely N-dealkylation sites (tertiary alicyclic amines) is 1. The quantitative estimate of drug-likeness (QED) is 0.332. The molecule has 1 saturated carbocycles. The Morgan fingerprint density at radius 2 is 1.74 bits per heavy atom. The molecule has 0 spiro atoms. The number of hydrogen-bond acceptors (Lipinski definition) is 10. The van der Waals surface area contributed by atoms with Crippen molar-refractivity contribution in [2.45, 2.75) is 37.3 Å². The SMILES string of the molecule is CN(C)c1ccc(O)c2c1C[C@@]1(CN3CCCC3)C[C@H]3[C@H](N(C)C)C(=O)C(C(N)=O)=C(O)[C@@]3(O)C(=O)C1=C2O. The number of phenolic OH excluding ortho intramolecular Hbond substituents is 1. The van der Waals surface area contributed by atoms with Crippen molar-refractivity contribution in [3.8, 4) is 5.75 Å². The van der Waals surface area contributed by atoms with Crippen molar-refractivity contribution in [2.75, 3.05) is 52.7 Å². The van der Waals surface area contributed by atoms with E-state index >= 15 is 0 Å². The molecule has 1 aliphatic heterocycles. The van der Waals surface area contributed by atoms with Gasteiger partial charge in [-0.2, -0.15) is 0 Å². The Kier molecular flexibility index (Phi) is 6.32. The lowest BCUT2D eigenvalue weighted by Gasteiger charge is -2.55. The Labute approximate surface area is 226 Å². The molecule has 0 aromatic heterocycles. The third-order valence-corrected chi connectivity index (χ3v) is 9.01. The maximum Gasteiger partial charge on any atom is 0.255 e. The third-order valence-electron chi connectivity index (χ3n) is 9.01. The number of nitrogens with zero attached hydrogens (tertiary/aromatic N) is 3. The predicted octanol–water partition coefficient (Wildman–Crippen LogP) is 0.496. The van der Waals surface area contributed by atoms with Crippen LogP contribution in [0.5, 0.6) is 5.75 Å². The highest BCUT2D eigenvalue weighted by atomic mass is 16.3. The minimum atomic E-state index is -2.67. The molecule has 39 heavy (non-hydrogen) atoms. The van der Waals surface area contributed by atoms with E-state index in [-0.39, 0.29) is 29.7 Å². The average molecular weight is 541 g/mol. The van der Waals surface area contributed by atoms with E-state index in [0.29, 0.717) is 12.1 Å². The summed E-state index contributed by atoms with van der Waals surface area (Å²) >= 11 is 0. The first-order valence-corrected chi connectivity index (χ1v) is 13.2. The van der Waals surface area contributed by atoms with Crippen LogP contribution in [-0.4, -0.2) is 107 Å². The average Bonchev–Trinajstić information content (AvgIpc) is 3.33. The Morgan fingerprint density at radius 1 is 1.10 bits per heavy atom. The van der Waals surface area contributed by atoms with Gasteiger partial charge in [-0.25, -0.2) is 0 Å². The zero-order valence-corrected chi connectivity index (χ0v) is 22.7. The zero-order valence-electron chi connectivity index (χ0n) is 22.7. The summed E-state index contributed by atoms with van der Waals surface area (Å²) in [5, 5.41) is 45.7. The van der Waals surface area contributed by atoms with Gasteiger partial charge in [0.2, 0.25) is 5.78 Å². The van der Waals surface area contributed by atoms with Crippen LogP contribution in [0.15, 0.2) is 29.0 Å². The number of rotatable bonds is 5. The van der Waals surface area contributed by atoms with Gasteiger partial charge in [0.05, 0.1) is 11.6 Å². The first-order valence-electron chi connectivity index (χ1n) is 13.2. The number of benzene rings is 1. The number of aliphatic hydroxyl groups is 3. The lowest BCUT2D eigenvalue weighted by atomic mass is 9.51. The van der Waals surface area contributed by atoms with Gasteiger partial charge in [0, 0.05) is 43.2 Å². The van der Waals surface area contributed by atoms with Crippen LogP contribution in [0, 0.1) is 11.3 Å². The van der Waals surface area contributed by atoms with Gasteiger partial charge in [0.1, 0.15) is 22.8 Å². The maximum atomic E-state index is 14.4. The van der Waals surface area contributed by atoms with Crippen LogP contribution >= 0.6 is 0 Å². The fourth-order valence-electron chi connectivity index (χ4n) is 7.40. The minimum Gasteiger partial charge on any atom is -0.508 e. The summed E-state index contributed by atoms with van der Waals surface area (Å²) in [6.45, 7) is 1.95. The van der Waals surface area contributed by atoms with E-state index in [4.69, 9.17) is 5.73 Å². The number of hydrogen-bond donors (Lipinski definition) is 5. The smallest absolute Gasteiger partial charge is 0.255 e. The summed E-state index contributed by atoms with van der Waals surface area (Å²) in [6.07, 6.45) is 2.26. The van der Waals surface area contributed by atoms with Crippen molar-refractivity contribution < 1.29 is 34.8 Å². The highest BCUT2D eigenvalue weighted by Gasteiger charge is 2.67. The van der Waals surface area contributed by atoms with Crippen molar-refractivity contribution >= 4 is 28.9 Å². The highest BCUT2D eigenvalue weighted by molar-refractivity contribution is 6.24. The Morgan fingerprint density at radius 3 is 2.31 bits per heavy atom. The fourth-order valence-corrected chi connectivity index (χ4v) is 7.40. The van der Waals surface area contributed by atoms with Crippen LogP contribution in [0.1, 0.15) is 30.4 Å². The highest BCUT2D eigenvalue weighted by Crippen LogP contribution is 2.59. The van der Waals surface area contributed by atoms with Gasteiger partial charge in [-0.1, -0.05) is 0 Å². The van der Waals surface area contributed by atoms with Gasteiger partial charge in [-0.3, -0.25) is 19.3 Å². The second-order valence-corrected chi connectivity index (χ2v) is 11.8. The van der Waals surface area contributed by atoms with Crippen LogP contribution in [0.4, 0.5) is 5.69 Å². The van der Waals surface area contributed by atoms with E-state index in [2.05, 4.69) is 4.90 Å². The van der Waals surface area contributed by atoms with Crippen molar-refractivity contribution in [1.82, 2.24) is 9.80 Å². The number of likely N-dealkylation sites (N-methyl/N-ethyl adjacent to an activating group) is 1. The predicted molar refractivity (Wildman–Crippen MR) is 143 cm³/mol. The van der Waals surface area contributed by atoms with Gasteiger partial charge < -0.3 is 36.0 Å². The van der Waals surface area contributed by atoms with Crippen LogP contribution in [0.2, 0.25) is 0 Å². The molecule has 1 heterocycles. The van der Waals surface area contributed by atoms with Crippen molar-refractivity contribution in [1.29, 1.82) is 0 Å². The van der Waals surface area contributed by atoms with Crippen molar-refractivity contribution in [2.24, 2.45) is 17.1 Å². The molecule has 0 unspecified atom stereocenters. The van der Waals surface area contributed by atoms with E-state index in [1.807, 2.05) is 19.0 Å². The molecular weight excluding hydrogens is 504 g/mol. The largest absolute Gasteiger partial charge is 0.508 e. The molecule has 6 N–H and O–H groups in total. The minimum absolute atomic E-state index is 0.0534. The van der Waals surface area contributed by atoms with Gasteiger partial charge >= 0.3 is 0 Å². The summed E-state index contributed by atoms with van der Waals surface area (Å²) in [5.41, 5.74) is 2.28. The molecule has 1 amide bonds. The number of nitrogens with two attached hydrogens (primary N) is 1. The first-order chi connectivity index (χ1) is 18.3. The Balaban J connectivity index is 1.82. The number of Topliss-reactive ketones (excluding diaryl/α,β-unsaturated/α-hetero) is 2. The number of fused-ring (bicyclic) bond motifs is 3. The van der Waals surface area contributed by atoms with Crippen LogP contribution in [0.25, 0.3) is 5.76 Å². The molecule has 11 nitrogen and oxygen atoms in total. The number of carbonyl (C=O) groups excluding carboxylic acids is 3. The number of primary amides is 1. The summed E-state index contributed by atoms with van der Waals surface area (Å²) < 4.78 is 0. The van der Waals surface area contributed by atoms with Gasteiger partial charge in [0.25, 0.3) is 5.91 Å². The fraction of sp³-hybridized carbons (Fsp3) is 0.536. The topological polar surface area (TPSA) is 168 Å². The molecule has 4 aliphatic rings. The van der Waals surface area contributed by atoms with Crippen LogP contribution < -0.4 is 10.6 Å². The number of aromatic hydroxyl groups is 1. The molecular formula is C28H36N4O7. The molecule has 3 aliphatic carbocycles. The third kappa shape index (κ3) is 3.70. The van der Waals surface area contributed by atoms with Gasteiger partial charge in [0.15, 0.2) is 11.4 Å². The van der Waals surface area contributed by atoms with E-state index in [9.17, 15) is 34.8 Å². The van der Waals surface area contributed by atoms with E-state index < -0.39 is 57.5 Å². The number of carbonyl (C=O) groups is 3. The van der Waals surface area contributed by atoms with E-state index in [1.54, 1.807) is 20.2 Å². The molecule has 0 bridgehead atoms.